The van der Waals surface area contributed by atoms with Crippen LogP contribution in [-0.4, -0.2) is 54.9 Å². The molecule has 0 unspecified atom stereocenters. The number of nitrogens with zero attached hydrogens (tertiary/aromatic N) is 2. The van der Waals surface area contributed by atoms with Crippen molar-refractivity contribution in [3.8, 4) is 16.9 Å². The summed E-state index contributed by atoms with van der Waals surface area (Å²) in [6.45, 7) is 2.24. The zero-order valence-corrected chi connectivity index (χ0v) is 17.1. The molecule has 3 aromatic rings. The van der Waals surface area contributed by atoms with Crippen molar-refractivity contribution in [3.63, 3.8) is 0 Å². The molecule has 0 bridgehead atoms. The van der Waals surface area contributed by atoms with Crippen molar-refractivity contribution in [2.24, 2.45) is 0 Å². The van der Waals surface area contributed by atoms with Gasteiger partial charge in [-0.05, 0) is 35.9 Å². The van der Waals surface area contributed by atoms with Crippen LogP contribution >= 0.6 is 0 Å². The largest absolute Gasteiger partial charge is 0.493 e. The predicted molar refractivity (Wildman–Crippen MR) is 115 cm³/mol. The number of hydrogen-bond donors (Lipinski definition) is 1. The minimum Gasteiger partial charge on any atom is -0.493 e. The van der Waals surface area contributed by atoms with E-state index in [0.717, 1.165) is 11.1 Å². The highest BCUT2D eigenvalue weighted by molar-refractivity contribution is 6.12. The van der Waals surface area contributed by atoms with Gasteiger partial charge < -0.3 is 14.4 Å². The van der Waals surface area contributed by atoms with Crippen LogP contribution in [0.2, 0.25) is 0 Å². The number of para-hydroxylation sites is 1. The molecule has 2 heterocycles. The minimum absolute atomic E-state index is 0.0241. The highest BCUT2D eigenvalue weighted by Crippen LogP contribution is 2.27. The van der Waals surface area contributed by atoms with E-state index in [4.69, 9.17) is 14.9 Å². The Balaban J connectivity index is 1.64. The molecule has 1 saturated heterocycles. The number of ether oxygens (including phenoxy) is 2. The van der Waals surface area contributed by atoms with E-state index < -0.39 is 5.82 Å². The molecule has 2 aromatic carbocycles. The van der Waals surface area contributed by atoms with Crippen LogP contribution in [0.1, 0.15) is 21.5 Å². The van der Waals surface area contributed by atoms with Crippen LogP contribution in [0.25, 0.3) is 11.1 Å². The van der Waals surface area contributed by atoms with Crippen LogP contribution in [0.4, 0.5) is 4.39 Å². The number of morpholine rings is 1. The highest BCUT2D eigenvalue weighted by Gasteiger charge is 2.19. The maximum atomic E-state index is 14.1. The van der Waals surface area contributed by atoms with Crippen LogP contribution in [0.15, 0.2) is 60.9 Å². The molecule has 1 amide bonds. The molecule has 1 aliphatic rings. The van der Waals surface area contributed by atoms with Crippen molar-refractivity contribution in [3.05, 3.63) is 83.4 Å². The molecule has 0 saturated carbocycles. The van der Waals surface area contributed by atoms with Crippen LogP contribution in [0.3, 0.4) is 0 Å². The van der Waals surface area contributed by atoms with Crippen LogP contribution in [0, 0.1) is 11.2 Å². The molecule has 158 valence electrons. The molecule has 0 atom stereocenters. The summed E-state index contributed by atoms with van der Waals surface area (Å²) >= 11 is 0. The summed E-state index contributed by atoms with van der Waals surface area (Å²) in [4.78, 5) is 18.9. The second-order valence-electron chi connectivity index (χ2n) is 7.14. The van der Waals surface area contributed by atoms with Crippen LogP contribution in [0.5, 0.6) is 5.75 Å². The summed E-state index contributed by atoms with van der Waals surface area (Å²) in [5.41, 5.74) is 3.13. The van der Waals surface area contributed by atoms with E-state index in [1.807, 2.05) is 18.2 Å². The van der Waals surface area contributed by atoms with Crippen LogP contribution in [-0.2, 0) is 4.74 Å². The molecular weight excluding hydrogens is 397 g/mol. The van der Waals surface area contributed by atoms with Gasteiger partial charge in [0.15, 0.2) is 11.6 Å². The average Bonchev–Trinajstić information content (AvgIpc) is 2.83. The number of amides is 1. The van der Waals surface area contributed by atoms with Crippen molar-refractivity contribution in [2.75, 3.05) is 33.4 Å². The van der Waals surface area contributed by atoms with Crippen molar-refractivity contribution in [2.45, 2.75) is 0 Å². The Bertz CT molecular complexity index is 1130. The van der Waals surface area contributed by atoms with Gasteiger partial charge in [-0.15, -0.1) is 0 Å². The van der Waals surface area contributed by atoms with E-state index in [2.05, 4.69) is 4.98 Å². The standard InChI is InChI=1S/C24H22FN3O3/c1-30-23-20(6-3-7-21(23)25)22(26)19-13-18(14-27-15-19)16-4-2-5-17(12-16)24(29)28-8-10-31-11-9-28/h2-7,12-15,26H,8-11H2,1H3. The van der Waals surface area contributed by atoms with Gasteiger partial charge in [-0.2, -0.15) is 0 Å². The van der Waals surface area contributed by atoms with Crippen molar-refractivity contribution < 1.29 is 18.7 Å². The van der Waals surface area contributed by atoms with Gasteiger partial charge in [0.2, 0.25) is 0 Å². The van der Waals surface area contributed by atoms with Gasteiger partial charge in [-0.1, -0.05) is 18.2 Å². The molecule has 0 spiro atoms. The summed E-state index contributed by atoms with van der Waals surface area (Å²) in [7, 11) is 1.38. The second kappa shape index (κ2) is 9.06. The molecule has 0 radical (unpaired) electrons. The Labute approximate surface area is 179 Å². The average molecular weight is 419 g/mol. The minimum atomic E-state index is -0.525. The Kier molecular flexibility index (Phi) is 6.04. The summed E-state index contributed by atoms with van der Waals surface area (Å²) in [5.74, 6) is -0.536. The first-order valence-corrected chi connectivity index (χ1v) is 9.93. The number of methoxy groups -OCH3 is 1. The molecule has 1 aromatic heterocycles. The first-order chi connectivity index (χ1) is 15.1. The lowest BCUT2D eigenvalue weighted by molar-refractivity contribution is 0.0303. The number of nitrogens with one attached hydrogen (secondary N) is 1. The zero-order chi connectivity index (χ0) is 21.8. The summed E-state index contributed by atoms with van der Waals surface area (Å²) in [6.07, 6.45) is 3.23. The Morgan fingerprint density at radius 1 is 1.06 bits per heavy atom. The third-order valence-electron chi connectivity index (χ3n) is 5.21. The molecule has 7 heteroatoms. The lowest BCUT2D eigenvalue weighted by Gasteiger charge is -2.27. The zero-order valence-electron chi connectivity index (χ0n) is 17.1. The maximum Gasteiger partial charge on any atom is 0.254 e. The Morgan fingerprint density at radius 2 is 1.81 bits per heavy atom. The molecular formula is C24H22FN3O3. The predicted octanol–water partition coefficient (Wildman–Crippen LogP) is 3.78. The molecule has 0 aliphatic carbocycles. The number of rotatable bonds is 5. The molecule has 1 fully saturated rings. The van der Waals surface area contributed by atoms with Crippen molar-refractivity contribution in [1.29, 1.82) is 5.41 Å². The number of pyridine rings is 1. The lowest BCUT2D eigenvalue weighted by atomic mass is 9.98. The third kappa shape index (κ3) is 4.32. The normalized spacial score (nSPS) is 13.7. The molecule has 1 aliphatic heterocycles. The maximum absolute atomic E-state index is 14.1. The number of benzene rings is 2. The quantitative estimate of drug-likeness (QED) is 0.639. The van der Waals surface area contributed by atoms with Gasteiger partial charge >= 0.3 is 0 Å². The number of carbonyl (C=O) groups excluding carboxylic acids is 1. The van der Waals surface area contributed by atoms with E-state index in [1.54, 1.807) is 41.6 Å². The van der Waals surface area contributed by atoms with Crippen molar-refractivity contribution in [1.82, 2.24) is 9.88 Å². The Morgan fingerprint density at radius 3 is 2.58 bits per heavy atom. The molecule has 6 nitrogen and oxygen atoms in total. The van der Waals surface area contributed by atoms with Gasteiger partial charge in [0.1, 0.15) is 0 Å². The second-order valence-corrected chi connectivity index (χ2v) is 7.14. The van der Waals surface area contributed by atoms with E-state index in [-0.39, 0.29) is 17.4 Å². The summed E-state index contributed by atoms with van der Waals surface area (Å²) in [6, 6.07) is 13.6. The fourth-order valence-electron chi connectivity index (χ4n) is 3.58. The van der Waals surface area contributed by atoms with E-state index in [1.165, 1.54) is 13.2 Å². The van der Waals surface area contributed by atoms with Gasteiger partial charge in [0.25, 0.3) is 5.91 Å². The number of aromatic nitrogens is 1. The molecule has 1 N–H and O–H groups in total. The summed E-state index contributed by atoms with van der Waals surface area (Å²) in [5, 5.41) is 8.56. The van der Waals surface area contributed by atoms with Gasteiger partial charge in [0, 0.05) is 47.7 Å². The van der Waals surface area contributed by atoms with Gasteiger partial charge in [0.05, 0.1) is 26.0 Å². The smallest absolute Gasteiger partial charge is 0.254 e. The number of hydrogen-bond acceptors (Lipinski definition) is 5. The van der Waals surface area contributed by atoms with E-state index in [0.29, 0.717) is 43.0 Å². The van der Waals surface area contributed by atoms with Gasteiger partial charge in [-0.25, -0.2) is 4.39 Å². The number of carbonyl (C=O) groups is 1. The van der Waals surface area contributed by atoms with Gasteiger partial charge in [-0.3, -0.25) is 15.2 Å². The topological polar surface area (TPSA) is 75.5 Å². The fraction of sp³-hybridized carbons (Fsp3) is 0.208. The van der Waals surface area contributed by atoms with E-state index in [9.17, 15) is 9.18 Å². The first-order valence-electron chi connectivity index (χ1n) is 9.93. The fourth-order valence-corrected chi connectivity index (χ4v) is 3.58. The number of halogens is 1. The van der Waals surface area contributed by atoms with E-state index >= 15 is 0 Å². The monoisotopic (exact) mass is 419 g/mol. The Hall–Kier alpha value is -3.58. The molecule has 4 rings (SSSR count). The molecule has 31 heavy (non-hydrogen) atoms. The third-order valence-corrected chi connectivity index (χ3v) is 5.21. The first kappa shape index (κ1) is 20.7. The lowest BCUT2D eigenvalue weighted by Crippen LogP contribution is -2.40. The summed E-state index contributed by atoms with van der Waals surface area (Å²) < 4.78 is 24.5. The van der Waals surface area contributed by atoms with Crippen molar-refractivity contribution >= 4 is 11.6 Å². The highest BCUT2D eigenvalue weighted by atomic mass is 19.1. The van der Waals surface area contributed by atoms with Crippen LogP contribution < -0.4 is 4.74 Å². The SMILES string of the molecule is COc1c(F)cccc1C(=N)c1cncc(-c2cccc(C(=O)N3CCOCC3)c2)c1.